The van der Waals surface area contributed by atoms with Crippen molar-refractivity contribution in [1.82, 2.24) is 15.2 Å². The number of amides is 2. The number of β-lactam (4-membered cyclic amide) rings is 1. The van der Waals surface area contributed by atoms with Crippen LogP contribution in [-0.4, -0.2) is 55.7 Å². The summed E-state index contributed by atoms with van der Waals surface area (Å²) in [5, 5.41) is 11.7. The van der Waals surface area contributed by atoms with Gasteiger partial charge in [-0.3, -0.25) is 14.7 Å². The first kappa shape index (κ1) is 19.9. The Hall–Kier alpha value is -2.81. The molecule has 3 heterocycles. The fourth-order valence-electron chi connectivity index (χ4n) is 2.88. The van der Waals surface area contributed by atoms with Crippen LogP contribution >= 0.6 is 11.8 Å². The number of pyridine rings is 1. The third-order valence-electron chi connectivity index (χ3n) is 4.03. The van der Waals surface area contributed by atoms with Crippen LogP contribution < -0.4 is 5.32 Å². The average molecular weight is 403 g/mol. The van der Waals surface area contributed by atoms with Crippen molar-refractivity contribution in [2.75, 3.05) is 5.75 Å². The number of fused-ring (bicyclic) bond motifs is 1. The molecule has 2 atom stereocenters. The molecule has 1 saturated heterocycles. The molecule has 0 saturated carbocycles. The summed E-state index contributed by atoms with van der Waals surface area (Å²) in [6, 6.07) is 2.82. The van der Waals surface area contributed by atoms with E-state index in [1.807, 2.05) is 6.07 Å². The molecule has 2 aliphatic rings. The van der Waals surface area contributed by atoms with Crippen LogP contribution in [0.15, 0.2) is 41.9 Å². The van der Waals surface area contributed by atoms with Gasteiger partial charge in [0.25, 0.3) is 5.91 Å². The van der Waals surface area contributed by atoms with Gasteiger partial charge in [-0.15, -0.1) is 11.8 Å². The first-order chi connectivity index (χ1) is 13.2. The lowest BCUT2D eigenvalue weighted by Crippen LogP contribution is -2.70. The van der Waals surface area contributed by atoms with Gasteiger partial charge in [-0.25, -0.2) is 9.59 Å². The molecular weight excluding hydrogens is 382 g/mol. The van der Waals surface area contributed by atoms with Crippen LogP contribution in [-0.2, 0) is 14.3 Å². The van der Waals surface area contributed by atoms with Gasteiger partial charge in [0.2, 0.25) is 0 Å². The van der Waals surface area contributed by atoms with Crippen LogP contribution in [0.1, 0.15) is 26.3 Å². The van der Waals surface area contributed by atoms with Crippen molar-refractivity contribution in [3.63, 3.8) is 0 Å². The number of carboxylic acid groups (broad SMARTS) is 1. The number of ether oxygens (including phenoxy) is 1. The van der Waals surface area contributed by atoms with E-state index in [1.54, 1.807) is 51.4 Å². The van der Waals surface area contributed by atoms with Gasteiger partial charge in [-0.05, 0) is 38.0 Å². The highest BCUT2D eigenvalue weighted by molar-refractivity contribution is 8.00. The minimum absolute atomic E-state index is 0.0591. The first-order valence-corrected chi connectivity index (χ1v) is 9.71. The largest absolute Gasteiger partial charge is 0.477 e. The summed E-state index contributed by atoms with van der Waals surface area (Å²) < 4.78 is 5.18. The Morgan fingerprint density at radius 2 is 2.14 bits per heavy atom. The zero-order valence-corrected chi connectivity index (χ0v) is 16.5. The quantitative estimate of drug-likeness (QED) is 0.742. The van der Waals surface area contributed by atoms with Gasteiger partial charge in [0.05, 0.1) is 0 Å². The molecule has 8 nitrogen and oxygen atoms in total. The van der Waals surface area contributed by atoms with Crippen molar-refractivity contribution < 1.29 is 24.2 Å². The summed E-state index contributed by atoms with van der Waals surface area (Å²) in [5.74, 6) is -1.24. The van der Waals surface area contributed by atoms with Gasteiger partial charge >= 0.3 is 12.1 Å². The standard InChI is InChI=1S/C19H21N3O5S/c1-19(2,3)27-18(26)21-13-15(23)22-14(17(24)25)12(10-28-16(13)22)7-6-11-5-4-8-20-9-11/h4-9,13,16H,10H2,1-3H3,(H,21,26)(H,24,25)/t13?,16-/m0/s1. The Morgan fingerprint density at radius 3 is 2.75 bits per heavy atom. The summed E-state index contributed by atoms with van der Waals surface area (Å²) in [6.45, 7) is 5.18. The van der Waals surface area contributed by atoms with Crippen LogP contribution in [0.25, 0.3) is 6.08 Å². The highest BCUT2D eigenvalue weighted by Crippen LogP contribution is 2.40. The Morgan fingerprint density at radius 1 is 1.39 bits per heavy atom. The number of carboxylic acids is 1. The number of carbonyl (C=O) groups is 3. The number of carbonyl (C=O) groups excluding carboxylic acids is 2. The van der Waals surface area contributed by atoms with Crippen LogP contribution in [0, 0.1) is 0 Å². The smallest absolute Gasteiger partial charge is 0.408 e. The maximum Gasteiger partial charge on any atom is 0.408 e. The van der Waals surface area contributed by atoms with Gasteiger partial charge in [-0.2, -0.15) is 0 Å². The van der Waals surface area contributed by atoms with E-state index in [0.29, 0.717) is 11.3 Å². The number of allylic oxidation sites excluding steroid dienone is 1. The van der Waals surface area contributed by atoms with E-state index in [4.69, 9.17) is 4.74 Å². The number of nitrogens with zero attached hydrogens (tertiary/aromatic N) is 2. The molecule has 2 amide bonds. The van der Waals surface area contributed by atoms with E-state index in [1.165, 1.54) is 16.7 Å². The monoisotopic (exact) mass is 403 g/mol. The number of aliphatic carboxylic acids is 1. The summed E-state index contributed by atoms with van der Waals surface area (Å²) in [5.41, 5.74) is 0.608. The van der Waals surface area contributed by atoms with Crippen molar-refractivity contribution in [2.45, 2.75) is 37.8 Å². The fourth-order valence-corrected chi connectivity index (χ4v) is 4.20. The SMILES string of the molecule is CC(C)(C)OC(=O)NC1C(=O)N2C(C(=O)O)=C(C=Cc3cccnc3)CS[C@@H]12. The second-order valence-electron chi connectivity index (χ2n) is 7.33. The van der Waals surface area contributed by atoms with E-state index < -0.39 is 35.0 Å². The number of nitrogens with one attached hydrogen (secondary N) is 1. The summed E-state index contributed by atoms with van der Waals surface area (Å²) in [4.78, 5) is 41.5. The molecule has 1 aromatic rings. The van der Waals surface area contributed by atoms with E-state index in [9.17, 15) is 19.5 Å². The van der Waals surface area contributed by atoms with E-state index in [2.05, 4.69) is 10.3 Å². The lowest BCUT2D eigenvalue weighted by atomic mass is 10.0. The van der Waals surface area contributed by atoms with E-state index in [-0.39, 0.29) is 5.70 Å². The number of rotatable bonds is 4. The highest BCUT2D eigenvalue weighted by Gasteiger charge is 2.54. The van der Waals surface area contributed by atoms with Crippen LogP contribution in [0.4, 0.5) is 4.79 Å². The molecule has 2 aliphatic heterocycles. The second-order valence-corrected chi connectivity index (χ2v) is 8.44. The Bertz CT molecular complexity index is 860. The van der Waals surface area contributed by atoms with Crippen molar-refractivity contribution >= 4 is 35.8 Å². The first-order valence-electron chi connectivity index (χ1n) is 8.66. The highest BCUT2D eigenvalue weighted by atomic mass is 32.2. The van der Waals surface area contributed by atoms with E-state index in [0.717, 1.165) is 5.56 Å². The van der Waals surface area contributed by atoms with Gasteiger partial charge in [-0.1, -0.05) is 18.2 Å². The van der Waals surface area contributed by atoms with Crippen LogP contribution in [0.5, 0.6) is 0 Å². The summed E-state index contributed by atoms with van der Waals surface area (Å²) >= 11 is 1.40. The summed E-state index contributed by atoms with van der Waals surface area (Å²) in [6.07, 6.45) is 6.05. The lowest BCUT2D eigenvalue weighted by Gasteiger charge is -2.49. The van der Waals surface area contributed by atoms with Gasteiger partial charge in [0.1, 0.15) is 22.7 Å². The van der Waals surface area contributed by atoms with Gasteiger partial charge in [0.15, 0.2) is 0 Å². The lowest BCUT2D eigenvalue weighted by molar-refractivity contribution is -0.149. The zero-order chi connectivity index (χ0) is 20.5. The molecule has 3 rings (SSSR count). The molecule has 1 fully saturated rings. The average Bonchev–Trinajstić information content (AvgIpc) is 2.62. The second kappa shape index (κ2) is 7.67. The fraction of sp³-hybridized carbons (Fsp3) is 0.368. The molecule has 148 valence electrons. The van der Waals surface area contributed by atoms with E-state index >= 15 is 0 Å². The van der Waals surface area contributed by atoms with Crippen LogP contribution in [0.2, 0.25) is 0 Å². The van der Waals surface area contributed by atoms with Crippen LogP contribution in [0.3, 0.4) is 0 Å². The number of alkyl carbamates (subject to hydrolysis) is 1. The molecular formula is C19H21N3O5S. The Balaban J connectivity index is 1.77. The Kier molecular flexibility index (Phi) is 5.46. The van der Waals surface area contributed by atoms with Crippen molar-refractivity contribution in [1.29, 1.82) is 0 Å². The molecule has 2 N–H and O–H groups in total. The Labute approximate surface area is 166 Å². The zero-order valence-electron chi connectivity index (χ0n) is 15.7. The third kappa shape index (κ3) is 4.19. The molecule has 0 aliphatic carbocycles. The van der Waals surface area contributed by atoms with Crippen molar-refractivity contribution in [2.24, 2.45) is 0 Å². The van der Waals surface area contributed by atoms with Crippen molar-refractivity contribution in [3.8, 4) is 0 Å². The van der Waals surface area contributed by atoms with Crippen molar-refractivity contribution in [3.05, 3.63) is 47.4 Å². The molecule has 1 unspecified atom stereocenters. The normalized spacial score (nSPS) is 22.0. The predicted octanol–water partition coefficient (Wildman–Crippen LogP) is 2.24. The minimum atomic E-state index is -1.18. The maximum atomic E-state index is 12.5. The molecule has 0 spiro atoms. The topological polar surface area (TPSA) is 109 Å². The molecule has 28 heavy (non-hydrogen) atoms. The maximum absolute atomic E-state index is 12.5. The molecule has 0 aromatic carbocycles. The molecule has 9 heteroatoms. The molecule has 1 aromatic heterocycles. The summed E-state index contributed by atoms with van der Waals surface area (Å²) in [7, 11) is 0. The minimum Gasteiger partial charge on any atom is -0.477 e. The number of thioether (sulfide) groups is 1. The van der Waals surface area contributed by atoms with Gasteiger partial charge in [0, 0.05) is 18.1 Å². The number of hydrogen-bond acceptors (Lipinski definition) is 6. The third-order valence-corrected chi connectivity index (χ3v) is 5.34. The van der Waals surface area contributed by atoms with Gasteiger partial charge < -0.3 is 15.2 Å². The predicted molar refractivity (Wildman–Crippen MR) is 104 cm³/mol. The number of aromatic nitrogens is 1. The molecule has 0 radical (unpaired) electrons. The number of hydrogen-bond donors (Lipinski definition) is 2. The molecule has 0 bridgehead atoms.